The standard InChI is InChI=1S/C8H13NO/c1-2-7(10)8-5-3-9-4-6(5)8/h5-6,8-9H,2-4H2,1H3/t5-,6+,8?. The fraction of sp³-hybridized carbons (Fsp3) is 0.875. The van der Waals surface area contributed by atoms with Crippen molar-refractivity contribution >= 4 is 5.78 Å². The Kier molecular flexibility index (Phi) is 1.31. The number of nitrogens with one attached hydrogen (secondary N) is 1. The fourth-order valence-corrected chi connectivity index (χ4v) is 2.13. The van der Waals surface area contributed by atoms with Crippen LogP contribution in [-0.4, -0.2) is 18.9 Å². The van der Waals surface area contributed by atoms with Gasteiger partial charge < -0.3 is 5.32 Å². The van der Waals surface area contributed by atoms with Crippen LogP contribution in [0.25, 0.3) is 0 Å². The normalized spacial score (nSPS) is 43.1. The molecule has 0 radical (unpaired) electrons. The largest absolute Gasteiger partial charge is 0.316 e. The average molecular weight is 139 g/mol. The Labute approximate surface area is 61.0 Å². The lowest BCUT2D eigenvalue weighted by Gasteiger charge is -1.99. The van der Waals surface area contributed by atoms with Crippen molar-refractivity contribution in [2.75, 3.05) is 13.1 Å². The molecule has 0 aromatic heterocycles. The molecule has 2 fully saturated rings. The number of piperidine rings is 1. The Bertz CT molecular complexity index is 157. The van der Waals surface area contributed by atoms with Crippen LogP contribution < -0.4 is 5.32 Å². The number of carbonyl (C=O) groups is 1. The molecule has 2 heteroatoms. The third-order valence-electron chi connectivity index (χ3n) is 2.81. The highest BCUT2D eigenvalue weighted by Crippen LogP contribution is 2.49. The second-order valence-electron chi connectivity index (χ2n) is 3.33. The highest BCUT2D eigenvalue weighted by Gasteiger charge is 2.55. The summed E-state index contributed by atoms with van der Waals surface area (Å²) >= 11 is 0. The van der Waals surface area contributed by atoms with Gasteiger partial charge in [0.1, 0.15) is 5.78 Å². The molecule has 2 nitrogen and oxygen atoms in total. The van der Waals surface area contributed by atoms with Crippen LogP contribution in [0.3, 0.4) is 0 Å². The van der Waals surface area contributed by atoms with Crippen LogP contribution in [0.1, 0.15) is 13.3 Å². The van der Waals surface area contributed by atoms with Crippen molar-refractivity contribution in [3.63, 3.8) is 0 Å². The van der Waals surface area contributed by atoms with Crippen molar-refractivity contribution in [2.24, 2.45) is 17.8 Å². The van der Waals surface area contributed by atoms with E-state index in [4.69, 9.17) is 0 Å². The lowest BCUT2D eigenvalue weighted by atomic mass is 10.1. The summed E-state index contributed by atoms with van der Waals surface area (Å²) in [5, 5.41) is 3.28. The Morgan fingerprint density at radius 3 is 2.60 bits per heavy atom. The summed E-state index contributed by atoms with van der Waals surface area (Å²) in [5.74, 6) is 2.36. The van der Waals surface area contributed by atoms with E-state index >= 15 is 0 Å². The highest BCUT2D eigenvalue weighted by atomic mass is 16.1. The predicted octanol–water partition coefficient (Wildman–Crippen LogP) is 0.431. The van der Waals surface area contributed by atoms with Crippen molar-refractivity contribution < 1.29 is 4.79 Å². The molecule has 0 aromatic rings. The summed E-state index contributed by atoms with van der Waals surface area (Å²) in [6, 6.07) is 0. The maximum Gasteiger partial charge on any atom is 0.136 e. The maximum absolute atomic E-state index is 11.2. The molecule has 1 saturated heterocycles. The first-order chi connectivity index (χ1) is 4.84. The van der Waals surface area contributed by atoms with Crippen LogP contribution in [0.5, 0.6) is 0 Å². The first-order valence-electron chi connectivity index (χ1n) is 4.08. The van der Waals surface area contributed by atoms with E-state index in [1.54, 1.807) is 0 Å². The van der Waals surface area contributed by atoms with Gasteiger partial charge in [-0.3, -0.25) is 4.79 Å². The van der Waals surface area contributed by atoms with Gasteiger partial charge in [0.2, 0.25) is 0 Å². The van der Waals surface area contributed by atoms with E-state index in [2.05, 4.69) is 5.32 Å². The highest BCUT2D eigenvalue weighted by molar-refractivity contribution is 5.84. The summed E-state index contributed by atoms with van der Waals surface area (Å²) in [6.07, 6.45) is 0.734. The molecule has 0 bridgehead atoms. The van der Waals surface area contributed by atoms with E-state index in [-0.39, 0.29) is 0 Å². The summed E-state index contributed by atoms with van der Waals surface area (Å²) in [6.45, 7) is 4.13. The first-order valence-corrected chi connectivity index (χ1v) is 4.08. The molecule has 1 aliphatic carbocycles. The zero-order chi connectivity index (χ0) is 7.14. The number of fused-ring (bicyclic) bond motifs is 1. The summed E-state index contributed by atoms with van der Waals surface area (Å²) in [4.78, 5) is 11.2. The number of hydrogen-bond donors (Lipinski definition) is 1. The third kappa shape index (κ3) is 0.717. The smallest absolute Gasteiger partial charge is 0.136 e. The minimum Gasteiger partial charge on any atom is -0.316 e. The predicted molar refractivity (Wildman–Crippen MR) is 38.6 cm³/mol. The van der Waals surface area contributed by atoms with Crippen LogP contribution in [-0.2, 0) is 4.79 Å². The summed E-state index contributed by atoms with van der Waals surface area (Å²) < 4.78 is 0. The second-order valence-corrected chi connectivity index (χ2v) is 3.33. The van der Waals surface area contributed by atoms with Gasteiger partial charge in [-0.05, 0) is 24.9 Å². The van der Waals surface area contributed by atoms with E-state index in [1.165, 1.54) is 0 Å². The van der Waals surface area contributed by atoms with Crippen molar-refractivity contribution in [1.82, 2.24) is 5.32 Å². The van der Waals surface area contributed by atoms with Gasteiger partial charge in [-0.2, -0.15) is 0 Å². The Morgan fingerprint density at radius 1 is 1.50 bits per heavy atom. The lowest BCUT2D eigenvalue weighted by Crippen LogP contribution is -2.18. The molecule has 10 heavy (non-hydrogen) atoms. The van der Waals surface area contributed by atoms with E-state index < -0.39 is 0 Å². The van der Waals surface area contributed by atoms with Gasteiger partial charge in [0.05, 0.1) is 0 Å². The Hall–Kier alpha value is -0.370. The van der Waals surface area contributed by atoms with Gasteiger partial charge in [0.15, 0.2) is 0 Å². The van der Waals surface area contributed by atoms with Gasteiger partial charge in [0, 0.05) is 12.3 Å². The number of rotatable bonds is 2. The lowest BCUT2D eigenvalue weighted by molar-refractivity contribution is -0.120. The van der Waals surface area contributed by atoms with E-state index in [1.807, 2.05) is 6.92 Å². The molecule has 1 unspecified atom stereocenters. The quantitative estimate of drug-likeness (QED) is 0.601. The molecule has 2 rings (SSSR count). The SMILES string of the molecule is CCC(=O)C1[C@H]2CNC[C@@H]12. The molecule has 1 aliphatic heterocycles. The molecular weight excluding hydrogens is 126 g/mol. The monoisotopic (exact) mass is 139 g/mol. The maximum atomic E-state index is 11.2. The summed E-state index contributed by atoms with van der Waals surface area (Å²) in [7, 11) is 0. The van der Waals surface area contributed by atoms with Gasteiger partial charge in [-0.25, -0.2) is 0 Å². The van der Waals surface area contributed by atoms with Gasteiger partial charge in [0.25, 0.3) is 0 Å². The molecule has 1 N–H and O–H groups in total. The van der Waals surface area contributed by atoms with Crippen molar-refractivity contribution in [2.45, 2.75) is 13.3 Å². The fourth-order valence-electron chi connectivity index (χ4n) is 2.13. The van der Waals surface area contributed by atoms with Gasteiger partial charge in [-0.1, -0.05) is 6.92 Å². The molecule has 1 saturated carbocycles. The van der Waals surface area contributed by atoms with E-state index in [0.29, 0.717) is 23.5 Å². The molecule has 3 atom stereocenters. The zero-order valence-electron chi connectivity index (χ0n) is 6.26. The Morgan fingerprint density at radius 2 is 2.10 bits per heavy atom. The van der Waals surface area contributed by atoms with Crippen LogP contribution >= 0.6 is 0 Å². The molecule has 2 aliphatic rings. The van der Waals surface area contributed by atoms with Crippen LogP contribution in [0.15, 0.2) is 0 Å². The second kappa shape index (κ2) is 2.06. The van der Waals surface area contributed by atoms with E-state index in [0.717, 1.165) is 19.5 Å². The molecular formula is C8H13NO. The van der Waals surface area contributed by atoms with E-state index in [9.17, 15) is 4.79 Å². The minimum absolute atomic E-state index is 0.450. The van der Waals surface area contributed by atoms with Crippen molar-refractivity contribution in [3.05, 3.63) is 0 Å². The van der Waals surface area contributed by atoms with Crippen molar-refractivity contribution in [3.8, 4) is 0 Å². The topological polar surface area (TPSA) is 29.1 Å². The number of ketones is 1. The van der Waals surface area contributed by atoms with Crippen LogP contribution in [0, 0.1) is 17.8 Å². The zero-order valence-corrected chi connectivity index (χ0v) is 6.26. The number of Topliss-reactive ketones (excluding diaryl/α,β-unsaturated/α-hetero) is 1. The molecule has 0 spiro atoms. The third-order valence-corrected chi connectivity index (χ3v) is 2.81. The molecule has 1 heterocycles. The van der Waals surface area contributed by atoms with Gasteiger partial charge >= 0.3 is 0 Å². The number of carbonyl (C=O) groups excluding carboxylic acids is 1. The van der Waals surface area contributed by atoms with Crippen LogP contribution in [0.4, 0.5) is 0 Å². The van der Waals surface area contributed by atoms with Gasteiger partial charge in [-0.15, -0.1) is 0 Å². The van der Waals surface area contributed by atoms with Crippen molar-refractivity contribution in [1.29, 1.82) is 0 Å². The summed E-state index contributed by atoms with van der Waals surface area (Å²) in [5.41, 5.74) is 0. The minimum atomic E-state index is 0.450. The molecule has 0 aromatic carbocycles. The molecule has 0 amide bonds. The van der Waals surface area contributed by atoms with Crippen LogP contribution in [0.2, 0.25) is 0 Å². The Balaban J connectivity index is 1.94. The number of hydrogen-bond acceptors (Lipinski definition) is 2. The first kappa shape index (κ1) is 6.35. The molecule has 56 valence electrons. The average Bonchev–Trinajstić information content (AvgIpc) is 2.43.